The lowest BCUT2D eigenvalue weighted by molar-refractivity contribution is -0.127. The number of nitrogens with zero attached hydrogens (tertiary/aromatic N) is 1. The monoisotopic (exact) mass is 564 g/mol. The van der Waals surface area contributed by atoms with Crippen LogP contribution in [0.1, 0.15) is 65.9 Å². The van der Waals surface area contributed by atoms with Crippen LogP contribution < -0.4 is 24.4 Å². The summed E-state index contributed by atoms with van der Waals surface area (Å²) in [6, 6.07) is 13.0. The molecular weight excluding hydrogens is 528 g/mol. The van der Waals surface area contributed by atoms with Crippen molar-refractivity contribution in [2.45, 2.75) is 57.5 Å². The predicted octanol–water partition coefficient (Wildman–Crippen LogP) is 5.74. The number of carbonyl (C=O) groups excluding carboxylic acids is 3. The largest absolute Gasteiger partial charge is 0.493 e. The molecular formula is C31H36N2O6S. The highest BCUT2D eigenvalue weighted by Gasteiger charge is 2.36. The Morgan fingerprint density at radius 1 is 0.950 bits per heavy atom. The van der Waals surface area contributed by atoms with Gasteiger partial charge >= 0.3 is 0 Å². The van der Waals surface area contributed by atoms with Gasteiger partial charge in [-0.3, -0.25) is 19.3 Å². The van der Waals surface area contributed by atoms with Crippen LogP contribution in [0.3, 0.4) is 0 Å². The highest BCUT2D eigenvalue weighted by molar-refractivity contribution is 7.10. The average molecular weight is 565 g/mol. The number of thiophene rings is 1. The van der Waals surface area contributed by atoms with Crippen molar-refractivity contribution in [3.63, 3.8) is 0 Å². The Morgan fingerprint density at radius 3 is 2.23 bits per heavy atom. The molecule has 0 spiro atoms. The van der Waals surface area contributed by atoms with Crippen LogP contribution >= 0.6 is 11.3 Å². The number of hydrogen-bond acceptors (Lipinski definition) is 7. The minimum atomic E-state index is -1.06. The van der Waals surface area contributed by atoms with E-state index in [1.807, 2.05) is 17.5 Å². The molecule has 4 rings (SSSR count). The number of benzene rings is 2. The zero-order valence-electron chi connectivity index (χ0n) is 23.4. The van der Waals surface area contributed by atoms with E-state index >= 15 is 0 Å². The van der Waals surface area contributed by atoms with Gasteiger partial charge in [0.15, 0.2) is 17.3 Å². The number of nitrogens with one attached hydrogen (secondary N) is 1. The van der Waals surface area contributed by atoms with Gasteiger partial charge in [0.1, 0.15) is 6.04 Å². The number of ketones is 1. The van der Waals surface area contributed by atoms with Gasteiger partial charge in [0.2, 0.25) is 17.6 Å². The molecule has 1 saturated carbocycles. The second-order valence-electron chi connectivity index (χ2n) is 9.83. The molecule has 1 heterocycles. The first-order chi connectivity index (χ1) is 19.4. The fourth-order valence-electron chi connectivity index (χ4n) is 5.16. The van der Waals surface area contributed by atoms with Crippen LogP contribution in [-0.4, -0.2) is 45.0 Å². The third kappa shape index (κ3) is 6.65. The van der Waals surface area contributed by atoms with Gasteiger partial charge in [0.25, 0.3) is 0 Å². The molecule has 1 N–H and O–H groups in total. The molecule has 9 heteroatoms. The van der Waals surface area contributed by atoms with Crippen LogP contribution in [0.25, 0.3) is 0 Å². The van der Waals surface area contributed by atoms with Crippen molar-refractivity contribution in [1.82, 2.24) is 5.32 Å². The molecule has 40 heavy (non-hydrogen) atoms. The van der Waals surface area contributed by atoms with Gasteiger partial charge in [-0.2, -0.15) is 0 Å². The molecule has 0 unspecified atom stereocenters. The summed E-state index contributed by atoms with van der Waals surface area (Å²) in [7, 11) is 4.53. The van der Waals surface area contributed by atoms with E-state index in [2.05, 4.69) is 5.32 Å². The van der Waals surface area contributed by atoms with Gasteiger partial charge in [-0.25, -0.2) is 0 Å². The molecule has 1 aliphatic carbocycles. The van der Waals surface area contributed by atoms with E-state index in [1.165, 1.54) is 44.5 Å². The van der Waals surface area contributed by atoms with Crippen LogP contribution in [0.15, 0.2) is 53.9 Å². The van der Waals surface area contributed by atoms with E-state index in [0.29, 0.717) is 34.1 Å². The van der Waals surface area contributed by atoms with Gasteiger partial charge in [-0.1, -0.05) is 37.5 Å². The van der Waals surface area contributed by atoms with Crippen LogP contribution in [0.5, 0.6) is 17.2 Å². The molecule has 0 bridgehead atoms. The summed E-state index contributed by atoms with van der Waals surface area (Å²) in [6.07, 6.45) is 5.10. The summed E-state index contributed by atoms with van der Waals surface area (Å²) in [4.78, 5) is 43.0. The summed E-state index contributed by atoms with van der Waals surface area (Å²) in [5.41, 5.74) is 1.39. The van der Waals surface area contributed by atoms with Gasteiger partial charge in [0, 0.05) is 22.2 Å². The van der Waals surface area contributed by atoms with E-state index in [4.69, 9.17) is 14.2 Å². The smallest absolute Gasteiger partial charge is 0.248 e. The van der Waals surface area contributed by atoms with Crippen LogP contribution in [0.4, 0.5) is 5.69 Å². The van der Waals surface area contributed by atoms with Gasteiger partial charge < -0.3 is 19.5 Å². The number of anilines is 1. The number of Topliss-reactive ketones (excluding diaryl/α,β-unsaturated/α-hetero) is 1. The normalized spacial score (nSPS) is 14.2. The fourth-order valence-corrected chi connectivity index (χ4v) is 5.86. The Kier molecular flexibility index (Phi) is 9.82. The third-order valence-corrected chi connectivity index (χ3v) is 8.04. The highest BCUT2D eigenvalue weighted by Crippen LogP contribution is 2.42. The lowest BCUT2D eigenvalue weighted by atomic mass is 9.94. The number of amides is 2. The summed E-state index contributed by atoms with van der Waals surface area (Å²) in [6.45, 7) is 1.48. The van der Waals surface area contributed by atoms with E-state index < -0.39 is 6.04 Å². The van der Waals surface area contributed by atoms with Crippen molar-refractivity contribution < 1.29 is 28.6 Å². The molecule has 2 amide bonds. The SMILES string of the molecule is COc1cc([C@@H](C(=O)NC2CCCCC2)N(C(=O)Cc2cccs2)c2cccc(C(C)=O)c2)cc(OC)c1OC. The molecule has 1 fully saturated rings. The number of hydrogen-bond donors (Lipinski definition) is 1. The van der Waals surface area contributed by atoms with Crippen molar-refractivity contribution >= 4 is 34.6 Å². The predicted molar refractivity (Wildman–Crippen MR) is 156 cm³/mol. The summed E-state index contributed by atoms with van der Waals surface area (Å²) in [5, 5.41) is 5.12. The van der Waals surface area contributed by atoms with Crippen molar-refractivity contribution in [2.24, 2.45) is 0 Å². The quantitative estimate of drug-likeness (QED) is 0.299. The Hall–Kier alpha value is -3.85. The lowest BCUT2D eigenvalue weighted by Gasteiger charge is -2.34. The molecule has 212 valence electrons. The molecule has 1 atom stereocenters. The highest BCUT2D eigenvalue weighted by atomic mass is 32.1. The van der Waals surface area contributed by atoms with Gasteiger partial charge in [-0.15, -0.1) is 11.3 Å². The molecule has 3 aromatic rings. The maximum absolute atomic E-state index is 14.2. The van der Waals surface area contributed by atoms with Crippen LogP contribution in [0, 0.1) is 0 Å². The van der Waals surface area contributed by atoms with Crippen molar-refractivity contribution in [2.75, 3.05) is 26.2 Å². The zero-order valence-corrected chi connectivity index (χ0v) is 24.2. The average Bonchev–Trinajstić information content (AvgIpc) is 3.48. The van der Waals surface area contributed by atoms with Crippen molar-refractivity contribution in [3.8, 4) is 17.2 Å². The minimum Gasteiger partial charge on any atom is -0.493 e. The maximum Gasteiger partial charge on any atom is 0.248 e. The van der Waals surface area contributed by atoms with Gasteiger partial charge in [-0.05, 0) is 61.0 Å². The minimum absolute atomic E-state index is 0.0172. The van der Waals surface area contributed by atoms with Crippen molar-refractivity contribution in [1.29, 1.82) is 0 Å². The van der Waals surface area contributed by atoms with Crippen molar-refractivity contribution in [3.05, 3.63) is 69.9 Å². The van der Waals surface area contributed by atoms with E-state index in [9.17, 15) is 14.4 Å². The number of carbonyl (C=O) groups is 3. The molecule has 2 aromatic carbocycles. The second kappa shape index (κ2) is 13.5. The second-order valence-corrected chi connectivity index (χ2v) is 10.9. The first kappa shape index (κ1) is 29.1. The van der Waals surface area contributed by atoms with E-state index in [-0.39, 0.29) is 30.1 Å². The third-order valence-electron chi connectivity index (χ3n) is 7.17. The molecule has 1 aromatic heterocycles. The topological polar surface area (TPSA) is 94.2 Å². The Bertz CT molecular complexity index is 1310. The van der Waals surface area contributed by atoms with E-state index in [0.717, 1.165) is 37.0 Å². The number of rotatable bonds is 11. The molecule has 0 radical (unpaired) electrons. The van der Waals surface area contributed by atoms with E-state index in [1.54, 1.807) is 36.4 Å². The maximum atomic E-state index is 14.2. The molecule has 0 saturated heterocycles. The summed E-state index contributed by atoms with van der Waals surface area (Å²) in [5.74, 6) is 0.402. The molecule has 0 aliphatic heterocycles. The number of ether oxygens (including phenoxy) is 3. The van der Waals surface area contributed by atoms with Gasteiger partial charge in [0.05, 0.1) is 27.8 Å². The summed E-state index contributed by atoms with van der Waals surface area (Å²) < 4.78 is 16.7. The molecule has 1 aliphatic rings. The first-order valence-electron chi connectivity index (χ1n) is 13.4. The van der Waals surface area contributed by atoms with Crippen LogP contribution in [0.2, 0.25) is 0 Å². The number of methoxy groups -OCH3 is 3. The Labute approximate surface area is 239 Å². The zero-order chi connectivity index (χ0) is 28.6. The molecule has 8 nitrogen and oxygen atoms in total. The fraction of sp³-hybridized carbons (Fsp3) is 0.387. The standard InChI is InChI=1S/C31H36N2O6S/c1-20(34)21-10-8-13-24(16-21)33(28(35)19-25-14-9-15-40-25)29(31(36)32-23-11-6-5-7-12-23)22-17-26(37-2)30(39-4)27(18-22)38-3/h8-10,13-18,23,29H,5-7,11-12,19H2,1-4H3,(H,32,36)/t29-/m0/s1. The first-order valence-corrected chi connectivity index (χ1v) is 14.3. The Balaban J connectivity index is 1.89. The summed E-state index contributed by atoms with van der Waals surface area (Å²) >= 11 is 1.47. The lowest BCUT2D eigenvalue weighted by Crippen LogP contribution is -2.47. The van der Waals surface area contributed by atoms with Crippen LogP contribution in [-0.2, 0) is 16.0 Å². The Morgan fingerprint density at radius 2 is 1.65 bits per heavy atom.